The summed E-state index contributed by atoms with van der Waals surface area (Å²) in [4.78, 5) is 18.7. The maximum atomic E-state index is 12.8. The molecule has 1 aromatic carbocycles. The molecule has 0 radical (unpaired) electrons. The van der Waals surface area contributed by atoms with Crippen LogP contribution in [0.3, 0.4) is 0 Å². The lowest BCUT2D eigenvalue weighted by Crippen LogP contribution is -2.11. The predicted molar refractivity (Wildman–Crippen MR) is 65.6 cm³/mol. The van der Waals surface area contributed by atoms with Crippen molar-refractivity contribution in [2.75, 3.05) is 0 Å². The van der Waals surface area contributed by atoms with Crippen LogP contribution in [0.4, 0.5) is 24.5 Å². The van der Waals surface area contributed by atoms with Gasteiger partial charge in [-0.25, -0.2) is 0 Å². The molecule has 0 saturated carbocycles. The number of nitrogens with zero attached hydrogens (tertiary/aromatic N) is 2. The highest BCUT2D eigenvalue weighted by Crippen LogP contribution is 2.42. The van der Waals surface area contributed by atoms with Gasteiger partial charge < -0.3 is 5.11 Å². The molecule has 1 rings (SSSR count). The van der Waals surface area contributed by atoms with Gasteiger partial charge in [0.25, 0.3) is 0 Å². The first-order valence-corrected chi connectivity index (χ1v) is 5.14. The molecular weight excluding hydrogens is 297 g/mol. The van der Waals surface area contributed by atoms with E-state index in [1.54, 1.807) is 0 Å². The molecule has 21 heavy (non-hydrogen) atoms. The van der Waals surface area contributed by atoms with Crippen molar-refractivity contribution in [1.29, 1.82) is 0 Å². The van der Waals surface area contributed by atoms with Gasteiger partial charge in [-0.3, -0.25) is 20.2 Å². The molecule has 0 spiro atoms. The first kappa shape index (κ1) is 16.1. The van der Waals surface area contributed by atoms with E-state index >= 15 is 0 Å². The molecule has 7 nitrogen and oxygen atoms in total. The van der Waals surface area contributed by atoms with Crippen molar-refractivity contribution in [2.45, 2.75) is 6.18 Å². The number of allylic oxidation sites excluding steroid dienone is 1. The topological polar surface area (TPSA) is 107 Å². The summed E-state index contributed by atoms with van der Waals surface area (Å²) in [5.41, 5.74) is -5.01. The fourth-order valence-electron chi connectivity index (χ4n) is 1.48. The van der Waals surface area contributed by atoms with Crippen LogP contribution < -0.4 is 0 Å². The third-order valence-corrected chi connectivity index (χ3v) is 2.26. The normalized spacial score (nSPS) is 11.6. The van der Waals surface area contributed by atoms with Crippen LogP contribution >= 0.6 is 0 Å². The van der Waals surface area contributed by atoms with Crippen LogP contribution in [0.2, 0.25) is 0 Å². The summed E-state index contributed by atoms with van der Waals surface area (Å²) in [6.07, 6.45) is -3.34. The second-order valence-electron chi connectivity index (χ2n) is 3.77. The van der Waals surface area contributed by atoms with Gasteiger partial charge in [0.1, 0.15) is 11.3 Å². The zero-order valence-electron chi connectivity index (χ0n) is 10.1. The van der Waals surface area contributed by atoms with Gasteiger partial charge in [0.15, 0.2) is 0 Å². The minimum atomic E-state index is -5.15. The maximum Gasteiger partial charge on any atom is 0.423 e. The Bertz CT molecular complexity index is 652. The van der Waals surface area contributed by atoms with E-state index in [2.05, 4.69) is 6.58 Å². The summed E-state index contributed by atoms with van der Waals surface area (Å²) < 4.78 is 38.4. The monoisotopic (exact) mass is 304 g/mol. The van der Waals surface area contributed by atoms with Crippen molar-refractivity contribution in [1.82, 2.24) is 0 Å². The van der Waals surface area contributed by atoms with Gasteiger partial charge in [0.2, 0.25) is 0 Å². The third kappa shape index (κ3) is 3.78. The van der Waals surface area contributed by atoms with Gasteiger partial charge in [-0.1, -0.05) is 12.7 Å². The molecule has 0 bridgehead atoms. The molecule has 0 fully saturated rings. The lowest BCUT2D eigenvalue weighted by molar-refractivity contribution is -0.424. The number of rotatable bonds is 4. The van der Waals surface area contributed by atoms with Crippen LogP contribution in [0.5, 0.6) is 0 Å². The molecule has 0 atom stereocenters. The van der Waals surface area contributed by atoms with E-state index in [0.717, 1.165) is 12.2 Å². The quantitative estimate of drug-likeness (QED) is 0.396. The fourth-order valence-corrected chi connectivity index (χ4v) is 1.48. The van der Waals surface area contributed by atoms with Crippen LogP contribution in [-0.4, -0.2) is 15.0 Å². The third-order valence-electron chi connectivity index (χ3n) is 2.26. The van der Waals surface area contributed by atoms with Gasteiger partial charge >= 0.3 is 17.6 Å². The highest BCUT2D eigenvalue weighted by molar-refractivity contribution is 5.67. The maximum absolute atomic E-state index is 12.8. The first-order valence-electron chi connectivity index (χ1n) is 5.14. The van der Waals surface area contributed by atoms with Gasteiger partial charge in [-0.05, 0) is 17.7 Å². The molecule has 112 valence electrons. The smallest absolute Gasteiger partial charge is 0.423 e. The van der Waals surface area contributed by atoms with Crippen molar-refractivity contribution in [3.05, 3.63) is 61.9 Å². The molecule has 1 N–H and O–H groups in total. The number of aliphatic hydroxyl groups is 1. The Morgan fingerprint density at radius 3 is 2.19 bits per heavy atom. The largest absolute Gasteiger partial charge is 0.509 e. The molecule has 0 saturated heterocycles. The van der Waals surface area contributed by atoms with Crippen molar-refractivity contribution in [3.63, 3.8) is 0 Å². The lowest BCUT2D eigenvalue weighted by atomic mass is 10.1. The Morgan fingerprint density at radius 1 is 1.24 bits per heavy atom. The van der Waals surface area contributed by atoms with E-state index in [4.69, 9.17) is 5.11 Å². The number of aliphatic hydroxyl groups excluding tert-OH is 1. The predicted octanol–water partition coefficient (Wildman–Crippen LogP) is 3.61. The second kappa shape index (κ2) is 5.61. The Hall–Kier alpha value is -2.91. The fraction of sp³-hybridized carbons (Fsp3) is 0.0909. The summed E-state index contributed by atoms with van der Waals surface area (Å²) >= 11 is 0. The van der Waals surface area contributed by atoms with Crippen molar-refractivity contribution >= 4 is 17.5 Å². The van der Waals surface area contributed by atoms with E-state index in [-0.39, 0.29) is 5.56 Å². The van der Waals surface area contributed by atoms with E-state index < -0.39 is 38.7 Å². The summed E-state index contributed by atoms with van der Waals surface area (Å²) in [6, 6.07) is 0.984. The lowest BCUT2D eigenvalue weighted by Gasteiger charge is -2.08. The van der Waals surface area contributed by atoms with Gasteiger partial charge in [0.05, 0.1) is 9.85 Å². The molecule has 0 unspecified atom stereocenters. The molecule has 0 aliphatic rings. The number of alkyl halides is 3. The Morgan fingerprint density at radius 2 is 1.81 bits per heavy atom. The molecule has 0 aromatic heterocycles. The Balaban J connectivity index is 3.69. The molecule has 0 aliphatic carbocycles. The summed E-state index contributed by atoms with van der Waals surface area (Å²) in [7, 11) is 0. The number of hydrogen-bond donors (Lipinski definition) is 1. The molecule has 10 heteroatoms. The van der Waals surface area contributed by atoms with Crippen molar-refractivity contribution < 1.29 is 28.1 Å². The number of nitro benzene ring substituents is 2. The second-order valence-corrected chi connectivity index (χ2v) is 3.77. The highest BCUT2D eigenvalue weighted by atomic mass is 19.4. The van der Waals surface area contributed by atoms with E-state index in [1.807, 2.05) is 0 Å². The average Bonchev–Trinajstić information content (AvgIpc) is 2.33. The van der Waals surface area contributed by atoms with Crippen molar-refractivity contribution in [2.24, 2.45) is 0 Å². The molecule has 0 amide bonds. The van der Waals surface area contributed by atoms with Gasteiger partial charge in [0, 0.05) is 6.07 Å². The molecule has 1 aromatic rings. The SMILES string of the molecule is C=C(O)/C=C/c1cc([N+](=O)[O-])c([N+](=O)[O-])c(C(F)(F)F)c1. The van der Waals surface area contributed by atoms with Crippen molar-refractivity contribution in [3.8, 4) is 0 Å². The standard InChI is InChI=1S/C11H7F3N2O5/c1-6(17)2-3-7-4-8(11(12,13)14)10(16(20)21)9(5-7)15(18)19/h2-5,17H,1H2/b3-2+. The zero-order chi connectivity index (χ0) is 16.4. The van der Waals surface area contributed by atoms with Crippen LogP contribution in [0.25, 0.3) is 6.08 Å². The van der Waals surface area contributed by atoms with E-state index in [0.29, 0.717) is 12.1 Å². The van der Waals surface area contributed by atoms with Crippen LogP contribution in [0.1, 0.15) is 11.1 Å². The summed E-state index contributed by atoms with van der Waals surface area (Å²) in [5.74, 6) is -0.496. The molecular formula is C11H7F3N2O5. The minimum Gasteiger partial charge on any atom is -0.509 e. The highest BCUT2D eigenvalue weighted by Gasteiger charge is 2.43. The first-order chi connectivity index (χ1) is 9.54. The number of nitro groups is 2. The Kier molecular flexibility index (Phi) is 4.31. The number of hydrogen-bond acceptors (Lipinski definition) is 5. The minimum absolute atomic E-state index is 0.338. The summed E-state index contributed by atoms with van der Waals surface area (Å²) in [6.45, 7) is 3.05. The van der Waals surface area contributed by atoms with Gasteiger partial charge in [-0.2, -0.15) is 13.2 Å². The van der Waals surface area contributed by atoms with Crippen LogP contribution in [0.15, 0.2) is 30.5 Å². The Labute approximate surface area is 114 Å². The molecule has 0 heterocycles. The zero-order valence-corrected chi connectivity index (χ0v) is 10.1. The van der Waals surface area contributed by atoms with Gasteiger partial charge in [-0.15, -0.1) is 0 Å². The van der Waals surface area contributed by atoms with Crippen LogP contribution in [-0.2, 0) is 6.18 Å². The number of halogens is 3. The van der Waals surface area contributed by atoms with E-state index in [9.17, 15) is 33.4 Å². The summed E-state index contributed by atoms with van der Waals surface area (Å²) in [5, 5.41) is 30.3. The number of benzene rings is 1. The molecule has 0 aliphatic heterocycles. The van der Waals surface area contributed by atoms with E-state index in [1.165, 1.54) is 0 Å². The van der Waals surface area contributed by atoms with Crippen LogP contribution in [0, 0.1) is 20.2 Å². The average molecular weight is 304 g/mol.